The lowest BCUT2D eigenvalue weighted by Crippen LogP contribution is -2.39. The van der Waals surface area contributed by atoms with Crippen molar-refractivity contribution in [1.29, 1.82) is 0 Å². The largest absolute Gasteiger partial charge is 0.453 e. The maximum Gasteiger partial charge on any atom is 0.413 e. The predicted octanol–water partition coefficient (Wildman–Crippen LogP) is 2.78. The molecule has 1 aromatic heterocycles. The van der Waals surface area contributed by atoms with Gasteiger partial charge < -0.3 is 9.47 Å². The molecule has 0 saturated heterocycles. The lowest BCUT2D eigenvalue weighted by Gasteiger charge is -2.11. The number of thiophene rings is 1. The first-order chi connectivity index (χ1) is 10.8. The molecular formula is C15H14FNO5S. The van der Waals surface area contributed by atoms with E-state index in [1.54, 1.807) is 19.1 Å². The second kappa shape index (κ2) is 6.74. The van der Waals surface area contributed by atoms with Gasteiger partial charge >= 0.3 is 12.1 Å². The van der Waals surface area contributed by atoms with Gasteiger partial charge in [-0.2, -0.15) is 0 Å². The van der Waals surface area contributed by atoms with Crippen LogP contribution in [0.3, 0.4) is 0 Å². The van der Waals surface area contributed by atoms with Gasteiger partial charge in [-0.05, 0) is 31.5 Å². The standard InChI is InChI=1S/C15H14FNO5S/c1-7-11-9(16)5-4-6-10(11)23-12(7)14(19)22-8(2)13(18)17-15(20)21-3/h4-6,8H,1-3H3,(H,17,18,20)/t8-/m0/s1. The van der Waals surface area contributed by atoms with E-state index in [0.29, 0.717) is 15.6 Å². The van der Waals surface area contributed by atoms with Crippen LogP contribution in [-0.4, -0.2) is 31.2 Å². The SMILES string of the molecule is COC(=O)NC(=O)[C@H](C)OC(=O)c1sc2cccc(F)c2c1C. The van der Waals surface area contributed by atoms with Crippen LogP contribution < -0.4 is 5.32 Å². The molecule has 23 heavy (non-hydrogen) atoms. The Morgan fingerprint density at radius 2 is 2.00 bits per heavy atom. The Hall–Kier alpha value is -2.48. The number of hydrogen-bond acceptors (Lipinski definition) is 6. The van der Waals surface area contributed by atoms with Gasteiger partial charge in [-0.15, -0.1) is 11.3 Å². The number of aryl methyl sites for hydroxylation is 1. The van der Waals surface area contributed by atoms with Crippen molar-refractivity contribution in [2.24, 2.45) is 0 Å². The maximum absolute atomic E-state index is 13.8. The molecule has 0 saturated carbocycles. The van der Waals surface area contributed by atoms with Crippen molar-refractivity contribution in [2.45, 2.75) is 20.0 Å². The van der Waals surface area contributed by atoms with E-state index in [-0.39, 0.29) is 4.88 Å². The van der Waals surface area contributed by atoms with Crippen LogP contribution in [0.25, 0.3) is 10.1 Å². The molecule has 1 atom stereocenters. The molecule has 0 bridgehead atoms. The van der Waals surface area contributed by atoms with Gasteiger partial charge in [0, 0.05) is 10.1 Å². The molecule has 0 aliphatic heterocycles. The third kappa shape index (κ3) is 3.48. The smallest absolute Gasteiger partial charge is 0.413 e. The highest BCUT2D eigenvalue weighted by Gasteiger charge is 2.24. The molecule has 2 aromatic rings. The molecule has 0 unspecified atom stereocenters. The molecule has 1 aromatic carbocycles. The molecule has 0 aliphatic rings. The van der Waals surface area contributed by atoms with Gasteiger partial charge in [-0.1, -0.05) is 6.07 Å². The van der Waals surface area contributed by atoms with E-state index in [2.05, 4.69) is 4.74 Å². The summed E-state index contributed by atoms with van der Waals surface area (Å²) in [6.07, 6.45) is -2.14. The summed E-state index contributed by atoms with van der Waals surface area (Å²) in [7, 11) is 1.11. The summed E-state index contributed by atoms with van der Waals surface area (Å²) in [4.78, 5) is 35.0. The topological polar surface area (TPSA) is 81.7 Å². The number of carbonyl (C=O) groups is 3. The molecule has 0 radical (unpaired) electrons. The second-order valence-corrected chi connectivity index (χ2v) is 5.75. The van der Waals surface area contributed by atoms with E-state index in [4.69, 9.17) is 4.74 Å². The van der Waals surface area contributed by atoms with Gasteiger partial charge in [0.2, 0.25) is 0 Å². The second-order valence-electron chi connectivity index (χ2n) is 4.70. The lowest BCUT2D eigenvalue weighted by atomic mass is 10.1. The Morgan fingerprint density at radius 3 is 2.61 bits per heavy atom. The zero-order valence-corrected chi connectivity index (χ0v) is 13.5. The molecule has 0 spiro atoms. The fraction of sp³-hybridized carbons (Fsp3) is 0.267. The number of methoxy groups -OCH3 is 1. The molecule has 0 aliphatic carbocycles. The van der Waals surface area contributed by atoms with Gasteiger partial charge in [0.05, 0.1) is 7.11 Å². The number of rotatable bonds is 3. The van der Waals surface area contributed by atoms with Gasteiger partial charge in [0.15, 0.2) is 6.10 Å². The van der Waals surface area contributed by atoms with Gasteiger partial charge in [0.25, 0.3) is 5.91 Å². The summed E-state index contributed by atoms with van der Waals surface area (Å²) in [5, 5.41) is 2.26. The van der Waals surface area contributed by atoms with Crippen molar-refractivity contribution in [3.63, 3.8) is 0 Å². The number of nitrogens with one attached hydrogen (secondary N) is 1. The van der Waals surface area contributed by atoms with Crippen LogP contribution in [0, 0.1) is 12.7 Å². The first-order valence-electron chi connectivity index (χ1n) is 6.62. The van der Waals surface area contributed by atoms with E-state index >= 15 is 0 Å². The van der Waals surface area contributed by atoms with Crippen molar-refractivity contribution < 1.29 is 28.2 Å². The number of benzene rings is 1. The quantitative estimate of drug-likeness (QED) is 0.870. The summed E-state index contributed by atoms with van der Waals surface area (Å²) >= 11 is 1.08. The monoisotopic (exact) mass is 339 g/mol. The van der Waals surface area contributed by atoms with E-state index in [1.165, 1.54) is 13.0 Å². The number of hydrogen-bond donors (Lipinski definition) is 1. The van der Waals surface area contributed by atoms with Crippen molar-refractivity contribution >= 4 is 39.4 Å². The number of imide groups is 1. The average Bonchev–Trinajstić information content (AvgIpc) is 2.85. The summed E-state index contributed by atoms with van der Waals surface area (Å²) in [6.45, 7) is 2.93. The number of fused-ring (bicyclic) bond motifs is 1. The number of alkyl carbamates (subject to hydrolysis) is 1. The van der Waals surface area contributed by atoms with Crippen LogP contribution in [0.5, 0.6) is 0 Å². The van der Waals surface area contributed by atoms with Gasteiger partial charge in [-0.25, -0.2) is 14.0 Å². The van der Waals surface area contributed by atoms with E-state index in [0.717, 1.165) is 18.4 Å². The molecule has 1 heterocycles. The summed E-state index contributed by atoms with van der Waals surface area (Å²) in [5.74, 6) is -1.99. The molecule has 8 heteroatoms. The van der Waals surface area contributed by atoms with E-state index < -0.39 is 29.9 Å². The zero-order valence-electron chi connectivity index (χ0n) is 12.6. The summed E-state index contributed by atoms with van der Waals surface area (Å²) in [5.41, 5.74) is 0.452. The lowest BCUT2D eigenvalue weighted by molar-refractivity contribution is -0.128. The fourth-order valence-corrected chi connectivity index (χ4v) is 3.07. The third-order valence-corrected chi connectivity index (χ3v) is 4.39. The van der Waals surface area contributed by atoms with Crippen molar-refractivity contribution in [2.75, 3.05) is 7.11 Å². The first kappa shape index (κ1) is 16.9. The van der Waals surface area contributed by atoms with E-state index in [9.17, 15) is 18.8 Å². The molecule has 6 nitrogen and oxygen atoms in total. The molecule has 122 valence electrons. The van der Waals surface area contributed by atoms with Gasteiger partial charge in [0.1, 0.15) is 10.7 Å². The van der Waals surface area contributed by atoms with Crippen LogP contribution in [-0.2, 0) is 14.3 Å². The number of ether oxygens (including phenoxy) is 2. The Morgan fingerprint density at radius 1 is 1.30 bits per heavy atom. The van der Waals surface area contributed by atoms with E-state index in [1.807, 2.05) is 5.32 Å². The molecule has 2 rings (SSSR count). The van der Waals surface area contributed by atoms with Gasteiger partial charge in [-0.3, -0.25) is 10.1 Å². The molecule has 2 amide bonds. The Bertz CT molecular complexity index is 786. The third-order valence-electron chi connectivity index (χ3n) is 3.15. The normalized spacial score (nSPS) is 11.8. The molecule has 1 N–H and O–H groups in total. The van der Waals surface area contributed by atoms with Crippen molar-refractivity contribution in [3.8, 4) is 0 Å². The predicted molar refractivity (Wildman–Crippen MR) is 81.9 cm³/mol. The van der Waals surface area contributed by atoms with Crippen LogP contribution in [0.4, 0.5) is 9.18 Å². The summed E-state index contributed by atoms with van der Waals surface area (Å²) in [6, 6.07) is 4.55. The summed E-state index contributed by atoms with van der Waals surface area (Å²) < 4.78 is 23.8. The van der Waals surface area contributed by atoms with Crippen LogP contribution >= 0.6 is 11.3 Å². The highest BCUT2D eigenvalue weighted by molar-refractivity contribution is 7.21. The first-order valence-corrected chi connectivity index (χ1v) is 7.44. The zero-order chi connectivity index (χ0) is 17.1. The van der Waals surface area contributed by atoms with Crippen LogP contribution in [0.2, 0.25) is 0 Å². The number of amides is 2. The molecule has 0 fully saturated rings. The minimum absolute atomic E-state index is 0.211. The average molecular weight is 339 g/mol. The Labute approximate surface area is 135 Å². The maximum atomic E-state index is 13.8. The Kier molecular flexibility index (Phi) is 4.95. The molecular weight excluding hydrogens is 325 g/mol. The minimum atomic E-state index is -1.20. The van der Waals surface area contributed by atoms with Crippen LogP contribution in [0.15, 0.2) is 18.2 Å². The van der Waals surface area contributed by atoms with Crippen LogP contribution in [0.1, 0.15) is 22.2 Å². The highest BCUT2D eigenvalue weighted by atomic mass is 32.1. The number of carbonyl (C=O) groups excluding carboxylic acids is 3. The number of esters is 1. The van der Waals surface area contributed by atoms with Crippen molar-refractivity contribution in [3.05, 3.63) is 34.5 Å². The fourth-order valence-electron chi connectivity index (χ4n) is 1.97. The highest BCUT2D eigenvalue weighted by Crippen LogP contribution is 2.33. The minimum Gasteiger partial charge on any atom is -0.453 e. The Balaban J connectivity index is 2.18. The van der Waals surface area contributed by atoms with Crippen molar-refractivity contribution in [1.82, 2.24) is 5.32 Å². The number of halogens is 1.